The highest BCUT2D eigenvalue weighted by Crippen LogP contribution is 2.58. The van der Waals surface area contributed by atoms with E-state index in [1.54, 1.807) is 0 Å². The van der Waals surface area contributed by atoms with Crippen molar-refractivity contribution in [3.05, 3.63) is 16.8 Å². The maximum atomic E-state index is 11.5. The first-order chi connectivity index (χ1) is 19.2. The molecule has 41 heavy (non-hydrogen) atoms. The van der Waals surface area contributed by atoms with Crippen LogP contribution in [0.3, 0.4) is 0 Å². The highest BCUT2D eigenvalue weighted by molar-refractivity contribution is 6.61. The topological polar surface area (TPSA) is 201 Å². The summed E-state index contributed by atoms with van der Waals surface area (Å²) in [7, 11) is 29.9. The van der Waals surface area contributed by atoms with E-state index in [2.05, 4.69) is 10.9 Å². The number of phenols is 8. The fraction of sp³-hybridized carbons (Fsp3) is 0.0400. The van der Waals surface area contributed by atoms with Crippen molar-refractivity contribution >= 4 is 100 Å². The maximum absolute atomic E-state index is 11.5. The zero-order chi connectivity index (χ0) is 30.4. The SMILES string of the molecule is [B]c1c([B])c(N2C/C(=C(/O)c3[nH]c4c(O)c(O)c(O)c([B])c4c3C#C)c3c(O)c(O)c(O)c(O)c32)c([B])c([B])c1O. The Labute approximate surface area is 237 Å². The second kappa shape index (κ2) is 8.92. The van der Waals surface area contributed by atoms with Gasteiger partial charge in [-0.1, -0.05) is 27.8 Å². The van der Waals surface area contributed by atoms with Crippen LogP contribution in [0, 0.1) is 12.3 Å². The van der Waals surface area contributed by atoms with Gasteiger partial charge in [0.05, 0.1) is 40.3 Å². The second-order valence-corrected chi connectivity index (χ2v) is 9.11. The third kappa shape index (κ3) is 3.41. The van der Waals surface area contributed by atoms with E-state index >= 15 is 0 Å². The molecular formula is C25H13B5N2O9. The number of H-pyrrole nitrogens is 1. The molecule has 5 rings (SSSR count). The molecule has 10 radical (unpaired) electrons. The number of hydrogen-bond donors (Lipinski definition) is 10. The van der Waals surface area contributed by atoms with E-state index in [9.17, 15) is 46.0 Å². The van der Waals surface area contributed by atoms with Crippen LogP contribution >= 0.6 is 0 Å². The van der Waals surface area contributed by atoms with Crippen LogP contribution in [-0.2, 0) is 0 Å². The predicted octanol–water partition coefficient (Wildman–Crippen LogP) is -2.66. The average molecular weight is 539 g/mol. The van der Waals surface area contributed by atoms with Crippen molar-refractivity contribution < 1.29 is 46.0 Å². The Bertz CT molecular complexity index is 1920. The van der Waals surface area contributed by atoms with Crippen LogP contribution in [0.5, 0.6) is 46.0 Å². The molecule has 16 heteroatoms. The fourth-order valence-corrected chi connectivity index (χ4v) is 4.92. The summed E-state index contributed by atoms with van der Waals surface area (Å²) in [4.78, 5) is 3.71. The van der Waals surface area contributed by atoms with Gasteiger partial charge in [-0.2, -0.15) is 0 Å². The number of nitrogens with zero attached hydrogens (tertiary/aromatic N) is 1. The first-order valence-corrected chi connectivity index (χ1v) is 11.4. The number of hydrogen-bond acceptors (Lipinski definition) is 10. The Kier molecular flexibility index (Phi) is 5.96. The smallest absolute Gasteiger partial charge is 0.206 e. The monoisotopic (exact) mass is 540 g/mol. The lowest BCUT2D eigenvalue weighted by molar-refractivity contribution is 0.346. The molecule has 1 aliphatic rings. The molecule has 0 spiro atoms. The number of aliphatic hydroxyl groups is 1. The number of aromatic hydroxyl groups is 8. The molecule has 0 amide bonds. The number of terminal acetylenes is 1. The predicted molar refractivity (Wildman–Crippen MR) is 156 cm³/mol. The van der Waals surface area contributed by atoms with Gasteiger partial charge in [0.25, 0.3) is 0 Å². The van der Waals surface area contributed by atoms with Crippen molar-refractivity contribution in [2.24, 2.45) is 0 Å². The van der Waals surface area contributed by atoms with Crippen molar-refractivity contribution in [1.82, 2.24) is 4.98 Å². The number of nitrogens with one attached hydrogen (secondary N) is 1. The highest BCUT2D eigenvalue weighted by Gasteiger charge is 2.39. The second-order valence-electron chi connectivity index (χ2n) is 9.11. The summed E-state index contributed by atoms with van der Waals surface area (Å²) in [6, 6.07) is 0. The van der Waals surface area contributed by atoms with Crippen LogP contribution < -0.4 is 32.2 Å². The number of aliphatic hydroxyl groups excluding tert-OH is 1. The summed E-state index contributed by atoms with van der Waals surface area (Å²) in [5, 5.41) is 94.4. The zero-order valence-electron chi connectivity index (χ0n) is 20.6. The van der Waals surface area contributed by atoms with E-state index in [0.29, 0.717) is 0 Å². The number of anilines is 2. The van der Waals surface area contributed by atoms with Crippen LogP contribution in [-0.4, -0.2) is 96.7 Å². The molecule has 4 aromatic rings. The molecule has 0 saturated heterocycles. The van der Waals surface area contributed by atoms with Crippen molar-refractivity contribution in [3.8, 4) is 58.3 Å². The Hall–Kier alpha value is -5.18. The van der Waals surface area contributed by atoms with Crippen molar-refractivity contribution in [2.75, 3.05) is 11.4 Å². The van der Waals surface area contributed by atoms with Crippen LogP contribution in [0.4, 0.5) is 11.4 Å². The Morgan fingerprint density at radius 2 is 1.20 bits per heavy atom. The minimum absolute atomic E-state index is 0.147. The van der Waals surface area contributed by atoms with Crippen molar-refractivity contribution in [3.63, 3.8) is 0 Å². The molecule has 0 aliphatic carbocycles. The normalized spacial score (nSPS) is 13.9. The summed E-state index contributed by atoms with van der Waals surface area (Å²) >= 11 is 0. The summed E-state index contributed by atoms with van der Waals surface area (Å²) in [6.45, 7) is -0.513. The molecule has 11 nitrogen and oxygen atoms in total. The largest absolute Gasteiger partial charge is 0.509 e. The van der Waals surface area contributed by atoms with Crippen molar-refractivity contribution in [2.45, 2.75) is 0 Å². The van der Waals surface area contributed by atoms with Gasteiger partial charge in [0.1, 0.15) is 45.0 Å². The van der Waals surface area contributed by atoms with E-state index in [0.717, 1.165) is 4.90 Å². The first-order valence-electron chi connectivity index (χ1n) is 11.4. The van der Waals surface area contributed by atoms with Crippen LogP contribution in [0.2, 0.25) is 0 Å². The summed E-state index contributed by atoms with van der Waals surface area (Å²) in [5.41, 5.74) is -3.96. The van der Waals surface area contributed by atoms with Gasteiger partial charge in [-0.05, 0) is 5.46 Å². The summed E-state index contributed by atoms with van der Waals surface area (Å²) in [5.74, 6) is -6.05. The lowest BCUT2D eigenvalue weighted by atomic mass is 9.68. The van der Waals surface area contributed by atoms with E-state index in [1.165, 1.54) is 0 Å². The van der Waals surface area contributed by atoms with E-state index in [1.807, 2.05) is 0 Å². The average Bonchev–Trinajstić information content (AvgIpc) is 3.54. The van der Waals surface area contributed by atoms with Gasteiger partial charge in [0.2, 0.25) is 17.2 Å². The number of benzene rings is 3. The van der Waals surface area contributed by atoms with Gasteiger partial charge in [-0.25, -0.2) is 0 Å². The van der Waals surface area contributed by atoms with Crippen LogP contribution in [0.25, 0.3) is 22.2 Å². The van der Waals surface area contributed by atoms with Crippen LogP contribution in [0.15, 0.2) is 0 Å². The Morgan fingerprint density at radius 1 is 0.659 bits per heavy atom. The quantitative estimate of drug-likeness (QED) is 0.0421. The van der Waals surface area contributed by atoms with Gasteiger partial charge in [0.15, 0.2) is 23.0 Å². The molecule has 3 aromatic carbocycles. The number of fused-ring (bicyclic) bond motifs is 2. The molecule has 0 fully saturated rings. The van der Waals surface area contributed by atoms with Gasteiger partial charge in [-0.3, -0.25) is 0 Å². The van der Waals surface area contributed by atoms with Gasteiger partial charge in [-0.15, -0.1) is 6.42 Å². The standard InChI is InChI=1S/C25H13B5N2O9/c1-2-4-6-8(26)20(36)24(40)21(37)14(6)31-13(4)17(33)5-3-32(15-7(5)18(34)23(39)25(41)22(15)38)16-9(27)11(29)19(35)12(30)10(16)28/h1,31,33-41H,3H2/b17-5-. The lowest BCUT2D eigenvalue weighted by Crippen LogP contribution is -2.45. The van der Waals surface area contributed by atoms with Crippen LogP contribution in [0.1, 0.15) is 16.8 Å². The minimum atomic E-state index is -1.15. The number of aromatic nitrogens is 1. The fourth-order valence-electron chi connectivity index (χ4n) is 4.92. The Morgan fingerprint density at radius 3 is 1.76 bits per heavy atom. The molecule has 10 N–H and O–H groups in total. The minimum Gasteiger partial charge on any atom is -0.509 e. The molecular weight excluding hydrogens is 526 g/mol. The molecule has 0 saturated carbocycles. The summed E-state index contributed by atoms with van der Waals surface area (Å²) < 4.78 is 0. The first kappa shape index (κ1) is 27.4. The van der Waals surface area contributed by atoms with Gasteiger partial charge in [0, 0.05) is 16.6 Å². The van der Waals surface area contributed by atoms with Gasteiger partial charge < -0.3 is 55.8 Å². The molecule has 1 aromatic heterocycles. The van der Waals surface area contributed by atoms with E-state index in [-0.39, 0.29) is 44.3 Å². The summed E-state index contributed by atoms with van der Waals surface area (Å²) in [6.07, 6.45) is 5.66. The molecule has 2 heterocycles. The molecule has 0 bridgehead atoms. The molecule has 0 unspecified atom stereocenters. The van der Waals surface area contributed by atoms with E-state index in [4.69, 9.17) is 45.7 Å². The number of phenolic OH excluding ortho intramolecular Hbond substituents is 8. The number of aromatic amines is 1. The van der Waals surface area contributed by atoms with Gasteiger partial charge >= 0.3 is 0 Å². The third-order valence-corrected chi connectivity index (χ3v) is 7.01. The lowest BCUT2D eigenvalue weighted by Gasteiger charge is -2.28. The molecule has 0 atom stereocenters. The maximum Gasteiger partial charge on any atom is 0.206 e. The molecule has 1 aliphatic heterocycles. The van der Waals surface area contributed by atoms with E-state index < -0.39 is 85.9 Å². The number of rotatable bonds is 2. The highest BCUT2D eigenvalue weighted by atomic mass is 16.3. The third-order valence-electron chi connectivity index (χ3n) is 7.01. The molecule has 192 valence electrons. The van der Waals surface area contributed by atoms with Crippen molar-refractivity contribution in [1.29, 1.82) is 0 Å². The Balaban J connectivity index is 1.90. The zero-order valence-corrected chi connectivity index (χ0v) is 20.6.